The number of halogens is 3. The van der Waals surface area contributed by atoms with Crippen molar-refractivity contribution in [1.82, 2.24) is 14.9 Å². The van der Waals surface area contributed by atoms with E-state index in [-0.39, 0.29) is 29.3 Å². The number of nitrogens with zero attached hydrogens (tertiary/aromatic N) is 3. The van der Waals surface area contributed by atoms with Crippen molar-refractivity contribution in [2.24, 2.45) is 0 Å². The number of alkyl halides is 2. The molecule has 1 aliphatic rings. The van der Waals surface area contributed by atoms with Gasteiger partial charge in [0.1, 0.15) is 10.8 Å². The van der Waals surface area contributed by atoms with Crippen LogP contribution in [0.1, 0.15) is 54.2 Å². The molecule has 0 aromatic carbocycles. The Morgan fingerprint density at radius 1 is 1.40 bits per heavy atom. The lowest BCUT2D eigenvalue weighted by Crippen LogP contribution is -2.27. The first-order valence-corrected chi connectivity index (χ1v) is 9.84. The van der Waals surface area contributed by atoms with Gasteiger partial charge in [-0.15, -0.1) is 0 Å². The molecule has 0 fully saturated rings. The summed E-state index contributed by atoms with van der Waals surface area (Å²) >= 11 is 6.11. The summed E-state index contributed by atoms with van der Waals surface area (Å²) in [5, 5.41) is 2.84. The fourth-order valence-corrected chi connectivity index (χ4v) is 3.42. The summed E-state index contributed by atoms with van der Waals surface area (Å²) < 4.78 is 29.5. The minimum absolute atomic E-state index is 0.0818. The quantitative estimate of drug-likeness (QED) is 0.666. The van der Waals surface area contributed by atoms with E-state index in [9.17, 15) is 18.4 Å². The van der Waals surface area contributed by atoms with Crippen LogP contribution in [0.15, 0.2) is 24.5 Å². The Hall–Kier alpha value is -2.81. The van der Waals surface area contributed by atoms with Gasteiger partial charge in [-0.3, -0.25) is 9.59 Å². The molecule has 2 aromatic rings. The molecule has 0 radical (unpaired) electrons. The Bertz CT molecular complexity index is 958. The molecule has 160 valence electrons. The Morgan fingerprint density at radius 2 is 2.17 bits per heavy atom. The van der Waals surface area contributed by atoms with E-state index in [1.165, 1.54) is 12.4 Å². The average Bonchev–Trinajstić information content (AvgIpc) is 3.04. The number of hydrogen-bond acceptors (Lipinski definition) is 5. The summed E-state index contributed by atoms with van der Waals surface area (Å²) in [6.45, 7) is 3.16. The van der Waals surface area contributed by atoms with Gasteiger partial charge >= 0.3 is 0 Å². The maximum absolute atomic E-state index is 12.9. The zero-order chi connectivity index (χ0) is 21.8. The zero-order valence-corrected chi connectivity index (χ0v) is 17.2. The van der Waals surface area contributed by atoms with Crippen molar-refractivity contribution in [2.45, 2.75) is 45.7 Å². The van der Waals surface area contributed by atoms with E-state index < -0.39 is 19.1 Å². The molecule has 1 aliphatic heterocycles. The van der Waals surface area contributed by atoms with E-state index >= 15 is 0 Å². The number of ether oxygens (including phenoxy) is 1. The second-order valence-electron chi connectivity index (χ2n) is 6.85. The molecule has 0 aliphatic carbocycles. The molecule has 2 aromatic heterocycles. The normalized spacial score (nSPS) is 14.1. The van der Waals surface area contributed by atoms with Crippen molar-refractivity contribution in [1.29, 1.82) is 0 Å². The van der Waals surface area contributed by atoms with Crippen LogP contribution in [0.25, 0.3) is 0 Å². The fraction of sp³-hybridized carbons (Fsp3) is 0.400. The van der Waals surface area contributed by atoms with Gasteiger partial charge in [0, 0.05) is 29.9 Å². The SMILES string of the molecule is CCCC(=O)Nc1nccc2c1CN(C(C)c1cnc(OCC(F)F)c(Cl)c1)C2=O. The zero-order valence-electron chi connectivity index (χ0n) is 16.5. The molecule has 30 heavy (non-hydrogen) atoms. The molecule has 1 unspecified atom stereocenters. The van der Waals surface area contributed by atoms with Crippen LogP contribution in [0.5, 0.6) is 5.88 Å². The highest BCUT2D eigenvalue weighted by atomic mass is 35.5. The van der Waals surface area contributed by atoms with Gasteiger partial charge in [0.2, 0.25) is 11.8 Å². The van der Waals surface area contributed by atoms with E-state index in [0.717, 1.165) is 0 Å². The van der Waals surface area contributed by atoms with E-state index in [0.29, 0.717) is 35.3 Å². The first-order valence-electron chi connectivity index (χ1n) is 9.46. The van der Waals surface area contributed by atoms with Crippen LogP contribution in [0, 0.1) is 0 Å². The molecule has 0 spiro atoms. The lowest BCUT2D eigenvalue weighted by molar-refractivity contribution is -0.116. The van der Waals surface area contributed by atoms with Crippen LogP contribution in [-0.2, 0) is 11.3 Å². The van der Waals surface area contributed by atoms with Crippen molar-refractivity contribution < 1.29 is 23.1 Å². The Kier molecular flexibility index (Phi) is 6.81. The van der Waals surface area contributed by atoms with Gasteiger partial charge in [0.15, 0.2) is 6.61 Å². The molecule has 10 heteroatoms. The Labute approximate surface area is 177 Å². The highest BCUT2D eigenvalue weighted by Gasteiger charge is 2.34. The number of fused-ring (bicyclic) bond motifs is 1. The average molecular weight is 439 g/mol. The molecule has 2 amide bonds. The number of aromatic nitrogens is 2. The highest BCUT2D eigenvalue weighted by Crippen LogP contribution is 2.35. The molecule has 0 bridgehead atoms. The minimum atomic E-state index is -2.64. The highest BCUT2D eigenvalue weighted by molar-refractivity contribution is 6.31. The standard InChI is InChI=1S/C20H21ClF2N4O3/c1-3-4-17(28)26-18-14-9-27(20(29)13(14)5-6-24-18)11(2)12-7-15(21)19(25-8-12)30-10-16(22)23/h5-8,11,16H,3-4,9-10H2,1-2H3,(H,24,26,28). The van der Waals surface area contributed by atoms with Crippen molar-refractivity contribution >= 4 is 29.2 Å². The number of hydrogen-bond donors (Lipinski definition) is 1. The van der Waals surface area contributed by atoms with Crippen molar-refractivity contribution in [3.63, 3.8) is 0 Å². The number of carbonyl (C=O) groups is 2. The second kappa shape index (κ2) is 9.34. The first-order chi connectivity index (χ1) is 14.3. The van der Waals surface area contributed by atoms with Crippen molar-refractivity contribution in [2.75, 3.05) is 11.9 Å². The van der Waals surface area contributed by atoms with E-state index in [4.69, 9.17) is 16.3 Å². The Morgan fingerprint density at radius 3 is 2.83 bits per heavy atom. The van der Waals surface area contributed by atoms with Crippen molar-refractivity contribution in [3.05, 3.63) is 46.2 Å². The van der Waals surface area contributed by atoms with Gasteiger partial charge in [0.25, 0.3) is 12.3 Å². The summed E-state index contributed by atoms with van der Waals surface area (Å²) in [5.74, 6) is -0.0808. The maximum atomic E-state index is 12.9. The van der Waals surface area contributed by atoms with Gasteiger partial charge in [-0.05, 0) is 31.0 Å². The molecule has 3 rings (SSSR count). The number of pyridine rings is 2. The number of nitrogens with one attached hydrogen (secondary N) is 1. The van der Waals surface area contributed by atoms with Gasteiger partial charge in [-0.1, -0.05) is 18.5 Å². The third-order valence-corrected chi connectivity index (χ3v) is 5.01. The van der Waals surface area contributed by atoms with Gasteiger partial charge < -0.3 is 15.0 Å². The molecule has 3 heterocycles. The van der Waals surface area contributed by atoms with Gasteiger partial charge in [0.05, 0.1) is 12.6 Å². The predicted octanol–water partition coefficient (Wildman–Crippen LogP) is 4.23. The predicted molar refractivity (Wildman–Crippen MR) is 107 cm³/mol. The smallest absolute Gasteiger partial charge is 0.272 e. The lowest BCUT2D eigenvalue weighted by Gasteiger charge is -2.24. The van der Waals surface area contributed by atoms with Gasteiger partial charge in [-0.25, -0.2) is 18.7 Å². The van der Waals surface area contributed by atoms with E-state index in [1.54, 1.807) is 24.0 Å². The molecule has 1 N–H and O–H groups in total. The number of rotatable bonds is 8. The third-order valence-electron chi connectivity index (χ3n) is 4.73. The van der Waals surface area contributed by atoms with Crippen LogP contribution in [0.2, 0.25) is 5.02 Å². The number of carbonyl (C=O) groups excluding carboxylic acids is 2. The summed E-state index contributed by atoms with van der Waals surface area (Å²) in [6.07, 6.45) is 1.36. The number of amides is 2. The van der Waals surface area contributed by atoms with Crippen LogP contribution < -0.4 is 10.1 Å². The minimum Gasteiger partial charge on any atom is -0.471 e. The second-order valence-corrected chi connectivity index (χ2v) is 7.26. The third kappa shape index (κ3) is 4.67. The van der Waals surface area contributed by atoms with E-state index in [2.05, 4.69) is 15.3 Å². The fourth-order valence-electron chi connectivity index (χ4n) is 3.19. The molecule has 0 saturated heterocycles. The topological polar surface area (TPSA) is 84.4 Å². The largest absolute Gasteiger partial charge is 0.471 e. The summed E-state index contributed by atoms with van der Waals surface area (Å²) in [4.78, 5) is 34.7. The van der Waals surface area contributed by atoms with Crippen LogP contribution in [0.4, 0.5) is 14.6 Å². The molecular formula is C20H21ClF2N4O3. The van der Waals surface area contributed by atoms with Crippen LogP contribution >= 0.6 is 11.6 Å². The van der Waals surface area contributed by atoms with Crippen LogP contribution in [-0.4, -0.2) is 39.7 Å². The summed E-state index contributed by atoms with van der Waals surface area (Å²) in [5.41, 5.74) is 1.74. The van der Waals surface area contributed by atoms with Crippen LogP contribution in [0.3, 0.4) is 0 Å². The van der Waals surface area contributed by atoms with Gasteiger partial charge in [-0.2, -0.15) is 0 Å². The first kappa shape index (κ1) is 21.9. The monoisotopic (exact) mass is 438 g/mol. The van der Waals surface area contributed by atoms with Crippen molar-refractivity contribution in [3.8, 4) is 5.88 Å². The van der Waals surface area contributed by atoms with E-state index in [1.807, 2.05) is 6.92 Å². The molecule has 1 atom stereocenters. The lowest BCUT2D eigenvalue weighted by atomic mass is 10.1. The summed E-state index contributed by atoms with van der Waals surface area (Å²) in [7, 11) is 0. The Balaban J connectivity index is 1.79. The molecule has 0 saturated carbocycles. The number of anilines is 1. The molecule has 7 nitrogen and oxygen atoms in total. The maximum Gasteiger partial charge on any atom is 0.272 e. The molecular weight excluding hydrogens is 418 g/mol. The summed E-state index contributed by atoms with van der Waals surface area (Å²) in [6, 6.07) is 2.75.